The predicted octanol–water partition coefficient (Wildman–Crippen LogP) is 1.65. The minimum atomic E-state index is -3.73. The number of nitriles is 1. The van der Waals surface area contributed by atoms with Crippen LogP contribution in [0, 0.1) is 11.3 Å². The number of primary sulfonamides is 1. The summed E-state index contributed by atoms with van der Waals surface area (Å²) in [6.45, 7) is 5.89. The number of nitrogens with two attached hydrogens (primary N) is 2. The van der Waals surface area contributed by atoms with Crippen LogP contribution in [0.2, 0.25) is 0 Å². The number of rotatable bonds is 11. The number of nitrogens with zero attached hydrogens (tertiary/aromatic N) is 2. The van der Waals surface area contributed by atoms with Crippen LogP contribution in [-0.2, 0) is 26.1 Å². The van der Waals surface area contributed by atoms with Gasteiger partial charge in [0, 0.05) is 13.6 Å². The summed E-state index contributed by atoms with van der Waals surface area (Å²) in [6, 6.07) is 9.24. The molecular formula is C22H33N5O4S. The van der Waals surface area contributed by atoms with Gasteiger partial charge in [0.1, 0.15) is 11.4 Å². The number of benzene rings is 1. The van der Waals surface area contributed by atoms with Crippen molar-refractivity contribution in [2.24, 2.45) is 10.9 Å². The zero-order chi connectivity index (χ0) is 24.2. The summed E-state index contributed by atoms with van der Waals surface area (Å²) in [7, 11) is -2.11. The number of hydrogen-bond donors (Lipinski definition) is 3. The predicted molar refractivity (Wildman–Crippen MR) is 122 cm³/mol. The van der Waals surface area contributed by atoms with E-state index in [0.29, 0.717) is 43.5 Å². The maximum Gasteiger partial charge on any atom is 0.246 e. The Balaban J connectivity index is 2.12. The van der Waals surface area contributed by atoms with Crippen molar-refractivity contribution in [3.63, 3.8) is 0 Å². The van der Waals surface area contributed by atoms with Gasteiger partial charge in [0.2, 0.25) is 21.8 Å². The minimum absolute atomic E-state index is 0.0174. The number of ether oxygens (including phenoxy) is 1. The Labute approximate surface area is 190 Å². The maximum absolute atomic E-state index is 13.4. The third kappa shape index (κ3) is 5.59. The molecule has 1 amide bonds. The third-order valence-corrected chi connectivity index (χ3v) is 7.91. The molecule has 1 aliphatic carbocycles. The molecule has 0 heterocycles. The van der Waals surface area contributed by atoms with E-state index in [4.69, 9.17) is 20.9 Å². The van der Waals surface area contributed by atoms with Crippen molar-refractivity contribution >= 4 is 15.9 Å². The molecule has 2 rings (SSSR count). The van der Waals surface area contributed by atoms with Gasteiger partial charge in [-0.3, -0.25) is 10.1 Å². The molecule has 176 valence electrons. The second-order valence-corrected chi connectivity index (χ2v) is 10.3. The molecule has 9 nitrogen and oxygen atoms in total. The number of amides is 1. The van der Waals surface area contributed by atoms with E-state index in [1.807, 2.05) is 32.9 Å². The van der Waals surface area contributed by atoms with Gasteiger partial charge in [0.05, 0.1) is 22.9 Å². The first-order chi connectivity index (χ1) is 14.9. The number of carbonyl (C=O) groups is 1. The quantitative estimate of drug-likeness (QED) is 0.422. The van der Waals surface area contributed by atoms with Crippen LogP contribution < -0.4 is 16.2 Å². The molecule has 10 heteroatoms. The molecule has 0 radical (unpaired) electrons. The second kappa shape index (κ2) is 9.90. The van der Waals surface area contributed by atoms with Crippen LogP contribution in [0.3, 0.4) is 0 Å². The van der Waals surface area contributed by atoms with Gasteiger partial charge in [-0.1, -0.05) is 26.0 Å². The lowest BCUT2D eigenvalue weighted by Gasteiger charge is -2.34. The number of sulfonamides is 1. The highest BCUT2D eigenvalue weighted by atomic mass is 32.2. The SMILES string of the molecule is CC/C(=C(\N)OCC1(S(N)(=O)=O)CC1)N(C)C(=O)C(C)(CC)NCc1ccc(C#N)cc1. The standard InChI is InChI=1S/C22H33N5O4S/c1-5-18(19(24)31-15-22(11-12-22)32(25,29)30)27(4)20(28)21(3,6-2)26-14-17-9-7-16(13-23)8-10-17/h7-10,26H,5-6,11-12,14-15,24H2,1-4H3,(H2,25,29,30)/b19-18-. The van der Waals surface area contributed by atoms with Gasteiger partial charge in [-0.15, -0.1) is 0 Å². The molecule has 0 aliphatic heterocycles. The van der Waals surface area contributed by atoms with E-state index >= 15 is 0 Å². The summed E-state index contributed by atoms with van der Waals surface area (Å²) in [4.78, 5) is 14.8. The van der Waals surface area contributed by atoms with Crippen LogP contribution in [0.1, 0.15) is 57.6 Å². The minimum Gasteiger partial charge on any atom is -0.476 e. The summed E-state index contributed by atoms with van der Waals surface area (Å²) >= 11 is 0. The highest BCUT2D eigenvalue weighted by Crippen LogP contribution is 2.42. The summed E-state index contributed by atoms with van der Waals surface area (Å²) < 4.78 is 28.0. The van der Waals surface area contributed by atoms with Gasteiger partial charge in [-0.25, -0.2) is 13.6 Å². The maximum atomic E-state index is 13.4. The van der Waals surface area contributed by atoms with Crippen molar-refractivity contribution < 1.29 is 17.9 Å². The van der Waals surface area contributed by atoms with E-state index in [1.165, 1.54) is 4.90 Å². The van der Waals surface area contributed by atoms with Crippen LogP contribution >= 0.6 is 0 Å². The van der Waals surface area contributed by atoms with Crippen LogP contribution in [0.15, 0.2) is 35.8 Å². The Hall–Kier alpha value is -2.61. The van der Waals surface area contributed by atoms with E-state index in [9.17, 15) is 13.2 Å². The number of carbonyl (C=O) groups excluding carboxylic acids is 1. The zero-order valence-corrected chi connectivity index (χ0v) is 20.0. The Kier molecular flexibility index (Phi) is 7.93. The molecule has 0 aromatic heterocycles. The monoisotopic (exact) mass is 463 g/mol. The molecule has 0 saturated heterocycles. The number of allylic oxidation sites excluding steroid dienone is 1. The van der Waals surface area contributed by atoms with Crippen LogP contribution in [0.25, 0.3) is 0 Å². The van der Waals surface area contributed by atoms with Crippen molar-refractivity contribution in [2.45, 2.75) is 63.3 Å². The van der Waals surface area contributed by atoms with Crippen molar-refractivity contribution in [3.8, 4) is 6.07 Å². The van der Waals surface area contributed by atoms with E-state index in [-0.39, 0.29) is 18.4 Å². The Bertz CT molecular complexity index is 1010. The lowest BCUT2D eigenvalue weighted by Crippen LogP contribution is -2.54. The summed E-state index contributed by atoms with van der Waals surface area (Å²) in [6.07, 6.45) is 1.82. The first-order valence-electron chi connectivity index (χ1n) is 10.6. The van der Waals surface area contributed by atoms with Gasteiger partial charge in [0.25, 0.3) is 0 Å². The van der Waals surface area contributed by atoms with Crippen LogP contribution in [0.5, 0.6) is 0 Å². The molecule has 1 aromatic rings. The summed E-state index contributed by atoms with van der Waals surface area (Å²) in [5.41, 5.74) is 7.23. The molecule has 1 aliphatic rings. The smallest absolute Gasteiger partial charge is 0.246 e. The molecule has 1 aromatic carbocycles. The second-order valence-electron chi connectivity index (χ2n) is 8.39. The van der Waals surface area contributed by atoms with Gasteiger partial charge < -0.3 is 15.4 Å². The fourth-order valence-corrected chi connectivity index (χ4v) is 4.25. The number of likely N-dealkylation sites (N-methyl/N-ethyl adjacent to an activating group) is 1. The first kappa shape index (κ1) is 25.6. The third-order valence-electron chi connectivity index (χ3n) is 6.18. The zero-order valence-electron chi connectivity index (χ0n) is 19.1. The van der Waals surface area contributed by atoms with Crippen molar-refractivity contribution in [1.29, 1.82) is 5.26 Å². The Morgan fingerprint density at radius 2 is 1.91 bits per heavy atom. The fourth-order valence-electron chi connectivity index (χ4n) is 3.36. The molecule has 32 heavy (non-hydrogen) atoms. The Morgan fingerprint density at radius 3 is 2.34 bits per heavy atom. The van der Waals surface area contributed by atoms with E-state index in [1.54, 1.807) is 19.2 Å². The molecular weight excluding hydrogens is 430 g/mol. The number of nitrogens with one attached hydrogen (secondary N) is 1. The molecule has 1 fully saturated rings. The topological polar surface area (TPSA) is 152 Å². The molecule has 0 bridgehead atoms. The van der Waals surface area contributed by atoms with E-state index in [2.05, 4.69) is 11.4 Å². The molecule has 1 unspecified atom stereocenters. The van der Waals surface area contributed by atoms with E-state index < -0.39 is 20.3 Å². The Morgan fingerprint density at radius 1 is 1.31 bits per heavy atom. The first-order valence-corrected chi connectivity index (χ1v) is 12.1. The summed E-state index contributed by atoms with van der Waals surface area (Å²) in [5, 5.41) is 17.5. The largest absolute Gasteiger partial charge is 0.476 e. The number of hydrogen-bond acceptors (Lipinski definition) is 7. The van der Waals surface area contributed by atoms with Crippen LogP contribution in [-0.4, -0.2) is 43.2 Å². The molecule has 1 atom stereocenters. The van der Waals surface area contributed by atoms with Gasteiger partial charge in [-0.05, 0) is 50.3 Å². The summed E-state index contributed by atoms with van der Waals surface area (Å²) in [5.74, 6) is -0.173. The lowest BCUT2D eigenvalue weighted by molar-refractivity contribution is -0.135. The van der Waals surface area contributed by atoms with Gasteiger partial charge in [0.15, 0.2) is 0 Å². The molecule has 5 N–H and O–H groups in total. The molecule has 0 spiro atoms. The van der Waals surface area contributed by atoms with Gasteiger partial charge >= 0.3 is 0 Å². The van der Waals surface area contributed by atoms with Gasteiger partial charge in [-0.2, -0.15) is 5.26 Å². The fraction of sp³-hybridized carbons (Fsp3) is 0.545. The normalized spacial score (nSPS) is 17.5. The average molecular weight is 464 g/mol. The average Bonchev–Trinajstić information content (AvgIpc) is 3.57. The van der Waals surface area contributed by atoms with Crippen molar-refractivity contribution in [1.82, 2.24) is 10.2 Å². The highest BCUT2D eigenvalue weighted by molar-refractivity contribution is 7.90. The molecule has 1 saturated carbocycles. The van der Waals surface area contributed by atoms with Crippen molar-refractivity contribution in [2.75, 3.05) is 13.7 Å². The lowest BCUT2D eigenvalue weighted by atomic mass is 9.95. The van der Waals surface area contributed by atoms with Crippen molar-refractivity contribution in [3.05, 3.63) is 47.0 Å². The highest BCUT2D eigenvalue weighted by Gasteiger charge is 2.54. The van der Waals surface area contributed by atoms with E-state index in [0.717, 1.165) is 5.56 Å². The van der Waals surface area contributed by atoms with Crippen LogP contribution in [0.4, 0.5) is 0 Å².